The highest BCUT2D eigenvalue weighted by atomic mass is 16.6. The third-order valence-electron chi connectivity index (χ3n) is 6.09. The number of rotatable bonds is 4. The van der Waals surface area contributed by atoms with Crippen LogP contribution in [-0.2, 0) is 14.3 Å². The van der Waals surface area contributed by atoms with Gasteiger partial charge < -0.3 is 9.47 Å². The van der Waals surface area contributed by atoms with Gasteiger partial charge in [0.2, 0.25) is 0 Å². The van der Waals surface area contributed by atoms with E-state index >= 15 is 0 Å². The minimum atomic E-state index is -0.634. The van der Waals surface area contributed by atoms with Crippen molar-refractivity contribution in [2.75, 3.05) is 0 Å². The first-order valence-electron chi connectivity index (χ1n) is 7.99. The van der Waals surface area contributed by atoms with Crippen LogP contribution >= 0.6 is 0 Å². The fourth-order valence-electron chi connectivity index (χ4n) is 5.21. The first kappa shape index (κ1) is 13.4. The summed E-state index contributed by atoms with van der Waals surface area (Å²) < 4.78 is 12.2. The summed E-state index contributed by atoms with van der Waals surface area (Å²) >= 11 is 0. The Morgan fingerprint density at radius 1 is 1.16 bits per heavy atom. The molecule has 2 saturated heterocycles. The van der Waals surface area contributed by atoms with Gasteiger partial charge in [-0.05, 0) is 37.5 Å². The standard InChI is InChI=1S/C16H26O3/c1-5-10-9-15(7-3)13-12(10)11(6-2)18-16(13,8-4)14(17)19-15/h10-13H,5-9H2,1-4H3. The molecule has 0 aromatic carbocycles. The molecule has 0 aromatic rings. The molecule has 3 rings (SSSR count). The van der Waals surface area contributed by atoms with Crippen molar-refractivity contribution in [2.45, 2.75) is 77.1 Å². The molecule has 0 radical (unpaired) electrons. The zero-order valence-electron chi connectivity index (χ0n) is 12.6. The van der Waals surface area contributed by atoms with E-state index in [4.69, 9.17) is 9.47 Å². The molecule has 1 aliphatic carbocycles. The van der Waals surface area contributed by atoms with Gasteiger partial charge in [0, 0.05) is 5.92 Å². The van der Waals surface area contributed by atoms with Crippen LogP contribution in [-0.4, -0.2) is 23.3 Å². The largest absolute Gasteiger partial charge is 0.456 e. The predicted molar refractivity (Wildman–Crippen MR) is 72.7 cm³/mol. The number of ether oxygens (including phenoxy) is 2. The number of hydrogen-bond acceptors (Lipinski definition) is 3. The molecule has 6 unspecified atom stereocenters. The van der Waals surface area contributed by atoms with Crippen molar-refractivity contribution < 1.29 is 14.3 Å². The Bertz CT molecular complexity index is 393. The van der Waals surface area contributed by atoms with Crippen molar-refractivity contribution >= 4 is 5.97 Å². The fraction of sp³-hybridized carbons (Fsp3) is 0.938. The zero-order valence-corrected chi connectivity index (χ0v) is 12.6. The second-order valence-corrected chi connectivity index (χ2v) is 6.54. The maximum atomic E-state index is 12.5. The lowest BCUT2D eigenvalue weighted by Gasteiger charge is -2.28. The van der Waals surface area contributed by atoms with Crippen molar-refractivity contribution in [3.63, 3.8) is 0 Å². The van der Waals surface area contributed by atoms with E-state index in [1.54, 1.807) is 0 Å². The van der Waals surface area contributed by atoms with E-state index < -0.39 is 5.60 Å². The van der Waals surface area contributed by atoms with Gasteiger partial charge in [-0.2, -0.15) is 0 Å². The summed E-state index contributed by atoms with van der Waals surface area (Å²) in [6.07, 6.45) is 5.14. The molecule has 0 bridgehead atoms. The summed E-state index contributed by atoms with van der Waals surface area (Å²) in [5.74, 6) is 1.37. The van der Waals surface area contributed by atoms with Crippen molar-refractivity contribution in [2.24, 2.45) is 17.8 Å². The van der Waals surface area contributed by atoms with Gasteiger partial charge in [-0.15, -0.1) is 0 Å². The number of carbonyl (C=O) groups is 1. The van der Waals surface area contributed by atoms with Gasteiger partial charge in [-0.25, -0.2) is 4.79 Å². The van der Waals surface area contributed by atoms with Crippen LogP contribution < -0.4 is 0 Å². The van der Waals surface area contributed by atoms with Gasteiger partial charge in [-0.3, -0.25) is 0 Å². The van der Waals surface area contributed by atoms with E-state index in [1.807, 2.05) is 0 Å². The summed E-state index contributed by atoms with van der Waals surface area (Å²) in [6.45, 7) is 8.67. The zero-order chi connectivity index (χ0) is 13.8. The highest BCUT2D eigenvalue weighted by molar-refractivity contribution is 5.84. The van der Waals surface area contributed by atoms with Crippen LogP contribution in [0.2, 0.25) is 0 Å². The Labute approximate surface area is 116 Å². The van der Waals surface area contributed by atoms with Crippen LogP contribution in [0.3, 0.4) is 0 Å². The van der Waals surface area contributed by atoms with Gasteiger partial charge in [0.15, 0.2) is 5.60 Å². The molecule has 3 nitrogen and oxygen atoms in total. The molecule has 1 saturated carbocycles. The Morgan fingerprint density at radius 3 is 2.42 bits per heavy atom. The molecule has 6 atom stereocenters. The average Bonchev–Trinajstić information content (AvgIpc) is 3.01. The topological polar surface area (TPSA) is 35.5 Å². The van der Waals surface area contributed by atoms with Gasteiger partial charge in [-0.1, -0.05) is 34.1 Å². The third-order valence-corrected chi connectivity index (χ3v) is 6.09. The van der Waals surface area contributed by atoms with Gasteiger partial charge in [0.25, 0.3) is 0 Å². The van der Waals surface area contributed by atoms with Crippen molar-refractivity contribution in [1.29, 1.82) is 0 Å². The summed E-state index contributed by atoms with van der Waals surface area (Å²) in [6, 6.07) is 0. The van der Waals surface area contributed by atoms with E-state index in [9.17, 15) is 4.79 Å². The minimum absolute atomic E-state index is 0.0858. The maximum Gasteiger partial charge on any atom is 0.339 e. The first-order chi connectivity index (χ1) is 9.08. The van der Waals surface area contributed by atoms with E-state index in [0.29, 0.717) is 11.8 Å². The SMILES string of the molecule is CCC1CC2(CC)OC(=O)C3(CC)OC(CC)C1C23. The molecule has 0 amide bonds. The third kappa shape index (κ3) is 1.40. The molecular weight excluding hydrogens is 240 g/mol. The Balaban J connectivity index is 2.09. The maximum absolute atomic E-state index is 12.5. The van der Waals surface area contributed by atoms with Crippen LogP contribution in [0.15, 0.2) is 0 Å². The smallest absolute Gasteiger partial charge is 0.339 e. The van der Waals surface area contributed by atoms with Crippen molar-refractivity contribution in [3.05, 3.63) is 0 Å². The van der Waals surface area contributed by atoms with E-state index in [0.717, 1.165) is 25.7 Å². The van der Waals surface area contributed by atoms with Crippen LogP contribution in [0.25, 0.3) is 0 Å². The summed E-state index contributed by atoms with van der Waals surface area (Å²) in [5.41, 5.74) is -0.867. The molecule has 0 N–H and O–H groups in total. The summed E-state index contributed by atoms with van der Waals surface area (Å²) in [5, 5.41) is 0. The van der Waals surface area contributed by atoms with E-state index in [1.165, 1.54) is 6.42 Å². The molecule has 2 heterocycles. The molecule has 2 aliphatic heterocycles. The number of carbonyl (C=O) groups excluding carboxylic acids is 1. The van der Waals surface area contributed by atoms with E-state index in [-0.39, 0.29) is 23.6 Å². The monoisotopic (exact) mass is 266 g/mol. The molecule has 3 fully saturated rings. The number of esters is 1. The highest BCUT2D eigenvalue weighted by Crippen LogP contribution is 2.65. The van der Waals surface area contributed by atoms with E-state index in [2.05, 4.69) is 27.7 Å². The normalized spacial score (nSPS) is 51.5. The molecular formula is C16H26O3. The molecule has 3 heteroatoms. The quantitative estimate of drug-likeness (QED) is 0.732. The average molecular weight is 266 g/mol. The Kier molecular flexibility index (Phi) is 2.97. The highest BCUT2D eigenvalue weighted by Gasteiger charge is 2.75. The molecule has 108 valence electrons. The lowest BCUT2D eigenvalue weighted by molar-refractivity contribution is -0.165. The molecule has 0 aromatic heterocycles. The molecule has 3 aliphatic rings. The Hall–Kier alpha value is -0.570. The summed E-state index contributed by atoms with van der Waals surface area (Å²) in [4.78, 5) is 12.5. The van der Waals surface area contributed by atoms with Crippen LogP contribution in [0, 0.1) is 17.8 Å². The van der Waals surface area contributed by atoms with Gasteiger partial charge in [0.1, 0.15) is 5.60 Å². The second-order valence-electron chi connectivity index (χ2n) is 6.54. The van der Waals surface area contributed by atoms with Crippen molar-refractivity contribution in [1.82, 2.24) is 0 Å². The van der Waals surface area contributed by atoms with Crippen molar-refractivity contribution in [3.8, 4) is 0 Å². The Morgan fingerprint density at radius 2 is 1.89 bits per heavy atom. The summed E-state index contributed by atoms with van der Waals surface area (Å²) in [7, 11) is 0. The lowest BCUT2D eigenvalue weighted by Crippen LogP contribution is -2.42. The second kappa shape index (κ2) is 4.21. The lowest BCUT2D eigenvalue weighted by atomic mass is 9.73. The number of hydrogen-bond donors (Lipinski definition) is 0. The first-order valence-corrected chi connectivity index (χ1v) is 7.99. The van der Waals surface area contributed by atoms with Gasteiger partial charge in [0.05, 0.1) is 6.10 Å². The minimum Gasteiger partial charge on any atom is -0.456 e. The molecule has 19 heavy (non-hydrogen) atoms. The van der Waals surface area contributed by atoms with Crippen LogP contribution in [0.1, 0.15) is 59.8 Å². The fourth-order valence-corrected chi connectivity index (χ4v) is 5.21. The van der Waals surface area contributed by atoms with Crippen LogP contribution in [0.5, 0.6) is 0 Å². The van der Waals surface area contributed by atoms with Crippen LogP contribution in [0.4, 0.5) is 0 Å². The molecule has 0 spiro atoms. The predicted octanol–water partition coefficient (Wildman–Crippen LogP) is 3.31. The van der Waals surface area contributed by atoms with Gasteiger partial charge >= 0.3 is 5.97 Å².